The van der Waals surface area contributed by atoms with Crippen LogP contribution in [0.25, 0.3) is 0 Å². The quantitative estimate of drug-likeness (QED) is 0.720. The molecule has 1 saturated carbocycles. The normalized spacial score (nSPS) is 24.7. The van der Waals surface area contributed by atoms with Crippen molar-refractivity contribution in [2.45, 2.75) is 37.1 Å². The van der Waals surface area contributed by atoms with Gasteiger partial charge in [-0.1, -0.05) is 15.9 Å². The molecule has 1 aromatic rings. The number of rotatable bonds is 5. The van der Waals surface area contributed by atoms with Gasteiger partial charge in [0, 0.05) is 17.0 Å². The molecule has 0 amide bonds. The van der Waals surface area contributed by atoms with Crippen LogP contribution < -0.4 is 0 Å². The summed E-state index contributed by atoms with van der Waals surface area (Å²) in [7, 11) is 0. The molecule has 0 bridgehead atoms. The molecule has 2 rings (SSSR count). The third kappa shape index (κ3) is 3.29. The third-order valence-electron chi connectivity index (χ3n) is 3.43. The van der Waals surface area contributed by atoms with Gasteiger partial charge in [-0.25, -0.2) is 8.78 Å². The van der Waals surface area contributed by atoms with Gasteiger partial charge in [0.05, 0.1) is 6.10 Å². The van der Waals surface area contributed by atoms with Crippen LogP contribution in [0.1, 0.15) is 36.6 Å². The van der Waals surface area contributed by atoms with Gasteiger partial charge in [-0.3, -0.25) is 0 Å². The van der Waals surface area contributed by atoms with E-state index in [0.717, 1.165) is 31.9 Å². The molecule has 1 unspecified atom stereocenters. The second-order valence-electron chi connectivity index (χ2n) is 4.78. The van der Waals surface area contributed by atoms with Crippen LogP contribution in [0.5, 0.6) is 0 Å². The van der Waals surface area contributed by atoms with E-state index in [-0.39, 0.29) is 10.6 Å². The zero-order chi connectivity index (χ0) is 13.1. The Balaban J connectivity index is 1.89. The first-order valence-electron chi connectivity index (χ1n) is 6.30. The Bertz CT molecular complexity index is 405. The second-order valence-corrected chi connectivity index (χ2v) is 5.89. The van der Waals surface area contributed by atoms with Crippen molar-refractivity contribution in [1.82, 2.24) is 0 Å². The Morgan fingerprint density at radius 3 is 2.78 bits per heavy atom. The molecule has 0 N–H and O–H groups in total. The number of benzene rings is 1. The number of ether oxygens (including phenoxy) is 1. The van der Waals surface area contributed by atoms with Gasteiger partial charge in [-0.05, 0) is 50.3 Å². The van der Waals surface area contributed by atoms with Crippen molar-refractivity contribution in [3.05, 3.63) is 35.4 Å². The molecule has 0 aromatic heterocycles. The lowest BCUT2D eigenvalue weighted by Crippen LogP contribution is -2.31. The minimum Gasteiger partial charge on any atom is -0.378 e. The maximum absolute atomic E-state index is 13.6. The van der Waals surface area contributed by atoms with Crippen molar-refractivity contribution >= 4 is 15.9 Å². The van der Waals surface area contributed by atoms with E-state index in [2.05, 4.69) is 15.9 Å². The zero-order valence-electron chi connectivity index (χ0n) is 10.3. The summed E-state index contributed by atoms with van der Waals surface area (Å²) >= 11 is 3.46. The molecule has 0 saturated heterocycles. The lowest BCUT2D eigenvalue weighted by atomic mass is 9.78. The van der Waals surface area contributed by atoms with Crippen molar-refractivity contribution < 1.29 is 13.5 Å². The Hall–Kier alpha value is -0.480. The lowest BCUT2D eigenvalue weighted by molar-refractivity contribution is -0.0265. The van der Waals surface area contributed by atoms with Gasteiger partial charge in [0.2, 0.25) is 0 Å². The smallest absolute Gasteiger partial charge is 0.127 e. The summed E-state index contributed by atoms with van der Waals surface area (Å²) in [6, 6.07) is 3.60. The van der Waals surface area contributed by atoms with Crippen molar-refractivity contribution in [1.29, 1.82) is 0 Å². The summed E-state index contributed by atoms with van der Waals surface area (Å²) < 4.78 is 32.2. The summed E-state index contributed by atoms with van der Waals surface area (Å²) in [6.07, 6.45) is 3.22. The predicted molar refractivity (Wildman–Crippen MR) is 70.8 cm³/mol. The van der Waals surface area contributed by atoms with Crippen LogP contribution in [0.4, 0.5) is 8.78 Å². The number of hydrogen-bond donors (Lipinski definition) is 0. The number of alkyl halides is 1. The largest absolute Gasteiger partial charge is 0.378 e. The summed E-state index contributed by atoms with van der Waals surface area (Å²) in [5, 5.41) is 0. The highest BCUT2D eigenvalue weighted by Crippen LogP contribution is 2.40. The fourth-order valence-corrected chi connectivity index (χ4v) is 3.29. The molecule has 1 fully saturated rings. The van der Waals surface area contributed by atoms with Gasteiger partial charge in [0.1, 0.15) is 11.6 Å². The van der Waals surface area contributed by atoms with E-state index >= 15 is 0 Å². The highest BCUT2D eigenvalue weighted by Gasteiger charge is 2.31. The molecule has 1 aromatic carbocycles. The average Bonchev–Trinajstić information content (AvgIpc) is 2.29. The van der Waals surface area contributed by atoms with E-state index in [0.29, 0.717) is 17.6 Å². The van der Waals surface area contributed by atoms with E-state index in [4.69, 9.17) is 4.74 Å². The van der Waals surface area contributed by atoms with Gasteiger partial charge >= 0.3 is 0 Å². The van der Waals surface area contributed by atoms with Crippen molar-refractivity contribution in [3.63, 3.8) is 0 Å². The highest BCUT2D eigenvalue weighted by atomic mass is 79.9. The Morgan fingerprint density at radius 2 is 2.11 bits per heavy atom. The Labute approximate surface area is 115 Å². The first kappa shape index (κ1) is 13.9. The molecule has 0 radical (unpaired) electrons. The standard InChI is InChI=1S/C14H17BrF2O/c1-2-18-11-5-9(6-11)7-13(15)12-8-10(16)3-4-14(12)17/h3-4,8-9,11,13H,2,5-7H2,1H3. The maximum atomic E-state index is 13.6. The van der Waals surface area contributed by atoms with Crippen LogP contribution in [0, 0.1) is 17.6 Å². The van der Waals surface area contributed by atoms with Crippen LogP contribution >= 0.6 is 15.9 Å². The van der Waals surface area contributed by atoms with E-state index in [1.807, 2.05) is 6.92 Å². The van der Waals surface area contributed by atoms with Gasteiger partial charge in [-0.15, -0.1) is 0 Å². The molecule has 1 aliphatic carbocycles. The van der Waals surface area contributed by atoms with Crippen LogP contribution in [0.3, 0.4) is 0 Å². The minimum absolute atomic E-state index is 0.124. The fraction of sp³-hybridized carbons (Fsp3) is 0.571. The Kier molecular flexibility index (Phi) is 4.73. The minimum atomic E-state index is -0.392. The van der Waals surface area contributed by atoms with E-state index < -0.39 is 5.82 Å². The van der Waals surface area contributed by atoms with Gasteiger partial charge in [0.15, 0.2) is 0 Å². The zero-order valence-corrected chi connectivity index (χ0v) is 11.9. The van der Waals surface area contributed by atoms with Gasteiger partial charge < -0.3 is 4.74 Å². The fourth-order valence-electron chi connectivity index (χ4n) is 2.41. The molecule has 1 atom stereocenters. The first-order valence-corrected chi connectivity index (χ1v) is 7.22. The number of halogens is 3. The van der Waals surface area contributed by atoms with Crippen molar-refractivity contribution in [2.24, 2.45) is 5.92 Å². The summed E-state index contributed by atoms with van der Waals surface area (Å²) in [6.45, 7) is 2.73. The second kappa shape index (κ2) is 6.11. The van der Waals surface area contributed by atoms with E-state index in [1.54, 1.807) is 0 Å². The summed E-state index contributed by atoms with van der Waals surface area (Å²) in [5.41, 5.74) is 0.412. The highest BCUT2D eigenvalue weighted by molar-refractivity contribution is 9.09. The summed E-state index contributed by atoms with van der Waals surface area (Å²) in [5.74, 6) is -0.204. The van der Waals surface area contributed by atoms with Crippen LogP contribution in [-0.2, 0) is 4.74 Å². The average molecular weight is 319 g/mol. The predicted octanol–water partition coefficient (Wildman–Crippen LogP) is 4.61. The molecule has 1 nitrogen and oxygen atoms in total. The van der Waals surface area contributed by atoms with E-state index in [9.17, 15) is 8.78 Å². The maximum Gasteiger partial charge on any atom is 0.127 e. The van der Waals surface area contributed by atoms with Crippen molar-refractivity contribution in [2.75, 3.05) is 6.61 Å². The van der Waals surface area contributed by atoms with Crippen LogP contribution in [-0.4, -0.2) is 12.7 Å². The molecule has 0 aliphatic heterocycles. The van der Waals surface area contributed by atoms with Crippen LogP contribution in [0.2, 0.25) is 0 Å². The molecular formula is C14H17BrF2O. The molecule has 0 heterocycles. The Morgan fingerprint density at radius 1 is 1.39 bits per heavy atom. The van der Waals surface area contributed by atoms with Gasteiger partial charge in [-0.2, -0.15) is 0 Å². The molecule has 0 spiro atoms. The molecular weight excluding hydrogens is 302 g/mol. The molecule has 100 valence electrons. The molecule has 1 aliphatic rings. The monoisotopic (exact) mass is 318 g/mol. The first-order chi connectivity index (χ1) is 8.60. The topological polar surface area (TPSA) is 9.23 Å². The van der Waals surface area contributed by atoms with E-state index in [1.165, 1.54) is 12.1 Å². The number of hydrogen-bond acceptors (Lipinski definition) is 1. The van der Waals surface area contributed by atoms with Crippen LogP contribution in [0.15, 0.2) is 18.2 Å². The van der Waals surface area contributed by atoms with Gasteiger partial charge in [0.25, 0.3) is 0 Å². The SMILES string of the molecule is CCOC1CC(CC(Br)c2cc(F)ccc2F)C1. The third-order valence-corrected chi connectivity index (χ3v) is 4.30. The molecule has 4 heteroatoms. The summed E-state index contributed by atoms with van der Waals surface area (Å²) in [4.78, 5) is -0.124. The van der Waals surface area contributed by atoms with Crippen molar-refractivity contribution in [3.8, 4) is 0 Å². The lowest BCUT2D eigenvalue weighted by Gasteiger charge is -2.36. The molecule has 18 heavy (non-hydrogen) atoms.